The average Bonchev–Trinajstić information content (AvgIpc) is 2.75. The van der Waals surface area contributed by atoms with Crippen LogP contribution in [-0.4, -0.2) is 21.2 Å². The van der Waals surface area contributed by atoms with Crippen molar-refractivity contribution in [2.24, 2.45) is 0 Å². The zero-order valence-electron chi connectivity index (χ0n) is 10.0. The summed E-state index contributed by atoms with van der Waals surface area (Å²) in [5.74, 6) is 0. The van der Waals surface area contributed by atoms with E-state index in [4.69, 9.17) is 0 Å². The van der Waals surface area contributed by atoms with E-state index in [1.807, 2.05) is 26.0 Å². The Morgan fingerprint density at radius 2 is 2.06 bits per heavy atom. The Morgan fingerprint density at radius 1 is 1.33 bits per heavy atom. The Hall–Kier alpha value is -2.02. The topological polar surface area (TPSA) is 79.8 Å². The maximum Gasteiger partial charge on any atom is 0.321 e. The first-order chi connectivity index (χ1) is 8.65. The molecule has 0 aromatic carbocycles. The summed E-state index contributed by atoms with van der Waals surface area (Å²) in [4.78, 5) is 15.6. The number of aromatic nitrogens is 3. The second-order valence-corrected chi connectivity index (χ2v) is 4.91. The van der Waals surface area contributed by atoms with Crippen molar-refractivity contribution in [1.29, 1.82) is 0 Å². The zero-order valence-corrected chi connectivity index (χ0v) is 10.9. The molecule has 6 nitrogen and oxygen atoms in total. The van der Waals surface area contributed by atoms with E-state index in [9.17, 15) is 4.79 Å². The molecule has 2 heterocycles. The fourth-order valence-corrected chi connectivity index (χ4v) is 2.00. The molecule has 0 aliphatic heterocycles. The van der Waals surface area contributed by atoms with Gasteiger partial charge in [0.1, 0.15) is 5.01 Å². The molecule has 0 bridgehead atoms. The van der Waals surface area contributed by atoms with E-state index in [0.717, 1.165) is 10.6 Å². The Balaban J connectivity index is 1.92. The Kier molecular flexibility index (Phi) is 3.83. The van der Waals surface area contributed by atoms with Gasteiger partial charge in [-0.25, -0.2) is 4.79 Å². The molecule has 0 fully saturated rings. The third-order valence-electron chi connectivity index (χ3n) is 2.30. The normalized spacial score (nSPS) is 11.9. The minimum absolute atomic E-state index is 0.0954. The number of urea groups is 1. The van der Waals surface area contributed by atoms with Gasteiger partial charge in [0.05, 0.1) is 6.04 Å². The number of carbonyl (C=O) groups is 1. The highest BCUT2D eigenvalue weighted by atomic mass is 32.1. The molecule has 1 atom stereocenters. The van der Waals surface area contributed by atoms with Crippen LogP contribution < -0.4 is 10.6 Å². The van der Waals surface area contributed by atoms with Gasteiger partial charge in [0.2, 0.25) is 5.13 Å². The van der Waals surface area contributed by atoms with E-state index in [0.29, 0.717) is 5.13 Å². The maximum atomic E-state index is 11.7. The van der Waals surface area contributed by atoms with Crippen LogP contribution in [0.5, 0.6) is 0 Å². The van der Waals surface area contributed by atoms with Crippen LogP contribution in [0.15, 0.2) is 24.5 Å². The van der Waals surface area contributed by atoms with Gasteiger partial charge in [0.15, 0.2) is 0 Å². The fraction of sp³-hybridized carbons (Fsp3) is 0.273. The lowest BCUT2D eigenvalue weighted by molar-refractivity contribution is 0.249. The van der Waals surface area contributed by atoms with Crippen molar-refractivity contribution in [3.05, 3.63) is 35.1 Å². The molecule has 0 aliphatic rings. The van der Waals surface area contributed by atoms with Crippen LogP contribution in [0.25, 0.3) is 0 Å². The van der Waals surface area contributed by atoms with Crippen LogP contribution in [0.1, 0.15) is 23.5 Å². The van der Waals surface area contributed by atoms with E-state index >= 15 is 0 Å². The zero-order chi connectivity index (χ0) is 13.0. The van der Waals surface area contributed by atoms with Crippen LogP contribution >= 0.6 is 11.3 Å². The molecule has 2 N–H and O–H groups in total. The molecule has 0 aliphatic carbocycles. The SMILES string of the molecule is Cc1nnc(NC(=O)N[C@H](C)c2ccncc2)s1. The minimum atomic E-state index is -0.296. The number of anilines is 1. The van der Waals surface area contributed by atoms with Gasteiger partial charge in [-0.3, -0.25) is 10.3 Å². The molecule has 2 amide bonds. The minimum Gasteiger partial charge on any atom is -0.331 e. The van der Waals surface area contributed by atoms with E-state index in [2.05, 4.69) is 25.8 Å². The van der Waals surface area contributed by atoms with Gasteiger partial charge in [0.25, 0.3) is 0 Å². The highest BCUT2D eigenvalue weighted by Gasteiger charge is 2.10. The number of carbonyl (C=O) groups excluding carboxylic acids is 1. The third kappa shape index (κ3) is 3.24. The van der Waals surface area contributed by atoms with Gasteiger partial charge in [-0.15, -0.1) is 10.2 Å². The lowest BCUT2D eigenvalue weighted by Gasteiger charge is -2.13. The smallest absolute Gasteiger partial charge is 0.321 e. The summed E-state index contributed by atoms with van der Waals surface area (Å²) in [5.41, 5.74) is 0.994. The summed E-state index contributed by atoms with van der Waals surface area (Å²) >= 11 is 1.33. The van der Waals surface area contributed by atoms with Gasteiger partial charge in [-0.2, -0.15) is 0 Å². The molecule has 7 heteroatoms. The summed E-state index contributed by atoms with van der Waals surface area (Å²) in [7, 11) is 0. The number of hydrogen-bond donors (Lipinski definition) is 2. The number of amides is 2. The highest BCUT2D eigenvalue weighted by Crippen LogP contribution is 2.14. The standard InChI is InChI=1S/C11H13N5OS/c1-7(9-3-5-12-6-4-9)13-10(17)14-11-16-15-8(2)18-11/h3-7H,1-2H3,(H2,13,14,16,17)/t7-/m1/s1. The summed E-state index contributed by atoms with van der Waals surface area (Å²) < 4.78 is 0. The van der Waals surface area contributed by atoms with Gasteiger partial charge < -0.3 is 5.32 Å². The summed E-state index contributed by atoms with van der Waals surface area (Å²) in [5, 5.41) is 14.4. The highest BCUT2D eigenvalue weighted by molar-refractivity contribution is 7.15. The first-order valence-electron chi connectivity index (χ1n) is 5.42. The fourth-order valence-electron chi connectivity index (χ4n) is 1.41. The van der Waals surface area contributed by atoms with Gasteiger partial charge >= 0.3 is 6.03 Å². The third-order valence-corrected chi connectivity index (χ3v) is 3.05. The first kappa shape index (κ1) is 12.4. The quantitative estimate of drug-likeness (QED) is 0.889. The Morgan fingerprint density at radius 3 is 2.67 bits per heavy atom. The van der Waals surface area contributed by atoms with Gasteiger partial charge in [-0.05, 0) is 31.5 Å². The van der Waals surface area contributed by atoms with Crippen molar-refractivity contribution in [2.45, 2.75) is 19.9 Å². The molecule has 94 valence electrons. The molecule has 0 radical (unpaired) electrons. The first-order valence-corrected chi connectivity index (χ1v) is 6.24. The number of rotatable bonds is 3. The lowest BCUT2D eigenvalue weighted by Crippen LogP contribution is -2.31. The van der Waals surface area contributed by atoms with Crippen LogP contribution in [-0.2, 0) is 0 Å². The second kappa shape index (κ2) is 5.54. The van der Waals surface area contributed by atoms with Crippen molar-refractivity contribution >= 4 is 22.5 Å². The average molecular weight is 263 g/mol. The molecular formula is C11H13N5OS. The number of hydrogen-bond acceptors (Lipinski definition) is 5. The van der Waals surface area contributed by atoms with Crippen molar-refractivity contribution in [2.75, 3.05) is 5.32 Å². The molecule has 0 unspecified atom stereocenters. The number of aryl methyl sites for hydroxylation is 1. The summed E-state index contributed by atoms with van der Waals surface area (Å²) in [6.45, 7) is 3.74. The summed E-state index contributed by atoms with van der Waals surface area (Å²) in [6.07, 6.45) is 3.39. The molecule has 0 saturated carbocycles. The molecular weight excluding hydrogens is 250 g/mol. The van der Waals surface area contributed by atoms with E-state index in [1.165, 1.54) is 11.3 Å². The number of pyridine rings is 1. The Bertz CT molecular complexity index is 527. The van der Waals surface area contributed by atoms with E-state index in [-0.39, 0.29) is 12.1 Å². The van der Waals surface area contributed by atoms with Crippen LogP contribution in [0.4, 0.5) is 9.93 Å². The second-order valence-electron chi connectivity index (χ2n) is 3.73. The molecule has 2 aromatic rings. The molecule has 18 heavy (non-hydrogen) atoms. The molecule has 0 saturated heterocycles. The summed E-state index contributed by atoms with van der Waals surface area (Å²) in [6, 6.07) is 3.33. The Labute approximate surface area is 108 Å². The van der Waals surface area contributed by atoms with Crippen molar-refractivity contribution in [1.82, 2.24) is 20.5 Å². The van der Waals surface area contributed by atoms with Crippen molar-refractivity contribution in [3.63, 3.8) is 0 Å². The molecule has 2 rings (SSSR count). The molecule has 2 aromatic heterocycles. The lowest BCUT2D eigenvalue weighted by atomic mass is 10.1. The van der Waals surface area contributed by atoms with Crippen LogP contribution in [0.3, 0.4) is 0 Å². The van der Waals surface area contributed by atoms with Gasteiger partial charge in [-0.1, -0.05) is 11.3 Å². The van der Waals surface area contributed by atoms with Gasteiger partial charge in [0, 0.05) is 12.4 Å². The predicted molar refractivity (Wildman–Crippen MR) is 69.5 cm³/mol. The monoisotopic (exact) mass is 263 g/mol. The number of nitrogens with one attached hydrogen (secondary N) is 2. The number of nitrogens with zero attached hydrogens (tertiary/aromatic N) is 3. The van der Waals surface area contributed by atoms with E-state index in [1.54, 1.807) is 12.4 Å². The van der Waals surface area contributed by atoms with Crippen LogP contribution in [0, 0.1) is 6.92 Å². The molecule has 0 spiro atoms. The van der Waals surface area contributed by atoms with Crippen LogP contribution in [0.2, 0.25) is 0 Å². The predicted octanol–water partition coefficient (Wildman–Crippen LogP) is 2.12. The van der Waals surface area contributed by atoms with Crippen molar-refractivity contribution < 1.29 is 4.79 Å². The van der Waals surface area contributed by atoms with Crippen molar-refractivity contribution in [3.8, 4) is 0 Å². The maximum absolute atomic E-state index is 11.7. The largest absolute Gasteiger partial charge is 0.331 e. The van der Waals surface area contributed by atoms with E-state index < -0.39 is 0 Å².